The number of hydrogen-bond acceptors (Lipinski definition) is 3. The van der Waals surface area contributed by atoms with Crippen molar-refractivity contribution in [3.63, 3.8) is 0 Å². The molecule has 0 saturated carbocycles. The predicted octanol–water partition coefficient (Wildman–Crippen LogP) is 7.51. The van der Waals surface area contributed by atoms with E-state index in [4.69, 9.17) is 4.74 Å². The average molecular weight is 438 g/mol. The van der Waals surface area contributed by atoms with Crippen LogP contribution in [0.1, 0.15) is 71.4 Å². The Hall–Kier alpha value is -2.29. The fourth-order valence-electron chi connectivity index (χ4n) is 4.59. The molecule has 2 aromatic rings. The molecular formula is C29H43NO2. The van der Waals surface area contributed by atoms with Crippen LogP contribution in [-0.4, -0.2) is 12.5 Å². The molecule has 0 aliphatic carbocycles. The third-order valence-corrected chi connectivity index (χ3v) is 5.95. The van der Waals surface area contributed by atoms with Gasteiger partial charge in [0.25, 0.3) is 0 Å². The zero-order chi connectivity index (χ0) is 23.3. The van der Waals surface area contributed by atoms with Gasteiger partial charge in [-0.3, -0.25) is 4.79 Å². The Morgan fingerprint density at radius 2 is 1.41 bits per heavy atom. The first-order valence-corrected chi connectivity index (χ1v) is 12.3. The van der Waals surface area contributed by atoms with Crippen molar-refractivity contribution in [2.24, 2.45) is 23.7 Å². The van der Waals surface area contributed by atoms with Crippen molar-refractivity contribution in [3.8, 4) is 0 Å². The van der Waals surface area contributed by atoms with Crippen LogP contribution in [0.2, 0.25) is 0 Å². The van der Waals surface area contributed by atoms with Crippen molar-refractivity contribution in [3.05, 3.63) is 65.7 Å². The number of rotatable bonds is 14. The van der Waals surface area contributed by atoms with Crippen LogP contribution in [0.5, 0.6) is 0 Å². The lowest BCUT2D eigenvalue weighted by Crippen LogP contribution is -2.16. The number of hydrogen-bond donors (Lipinski definition) is 1. The second-order valence-corrected chi connectivity index (χ2v) is 10.1. The molecule has 1 N–H and O–H groups in total. The first-order chi connectivity index (χ1) is 15.3. The van der Waals surface area contributed by atoms with Gasteiger partial charge in [-0.25, -0.2) is 0 Å². The molecule has 3 nitrogen and oxygen atoms in total. The van der Waals surface area contributed by atoms with Crippen LogP contribution in [0.15, 0.2) is 54.6 Å². The topological polar surface area (TPSA) is 38.3 Å². The lowest BCUT2D eigenvalue weighted by atomic mass is 9.86. The van der Waals surface area contributed by atoms with E-state index in [9.17, 15) is 4.79 Å². The van der Waals surface area contributed by atoms with Crippen LogP contribution < -0.4 is 5.32 Å². The average Bonchev–Trinajstić information content (AvgIpc) is 2.75. The van der Waals surface area contributed by atoms with E-state index in [1.54, 1.807) is 0 Å². The Bertz CT molecular complexity index is 770. The van der Waals surface area contributed by atoms with Crippen molar-refractivity contribution < 1.29 is 9.53 Å². The molecule has 3 unspecified atom stereocenters. The summed E-state index contributed by atoms with van der Waals surface area (Å²) in [6.07, 6.45) is 5.03. The number of esters is 1. The second kappa shape index (κ2) is 14.0. The van der Waals surface area contributed by atoms with Crippen molar-refractivity contribution in [1.82, 2.24) is 0 Å². The molecular weight excluding hydrogens is 394 g/mol. The van der Waals surface area contributed by atoms with Gasteiger partial charge >= 0.3 is 5.97 Å². The zero-order valence-corrected chi connectivity index (χ0v) is 20.8. The summed E-state index contributed by atoms with van der Waals surface area (Å²) in [7, 11) is 0. The number of benzene rings is 2. The Morgan fingerprint density at radius 3 is 2.06 bits per heavy atom. The van der Waals surface area contributed by atoms with Crippen molar-refractivity contribution in [1.29, 1.82) is 0 Å². The summed E-state index contributed by atoms with van der Waals surface area (Å²) >= 11 is 0. The molecule has 3 atom stereocenters. The maximum atomic E-state index is 12.0. The molecule has 176 valence electrons. The monoisotopic (exact) mass is 437 g/mol. The molecule has 2 aromatic carbocycles. The van der Waals surface area contributed by atoms with Gasteiger partial charge in [0.2, 0.25) is 0 Å². The predicted molar refractivity (Wildman–Crippen MR) is 136 cm³/mol. The van der Waals surface area contributed by atoms with Crippen molar-refractivity contribution in [2.75, 3.05) is 11.9 Å². The molecule has 3 heteroatoms. The Balaban J connectivity index is 1.65. The SMILES string of the molecule is CC(C)CC(C)CC(C)CC(C)CNc1ccc(CCC(=O)OCc2ccccc2)cc1. The number of carbonyl (C=O) groups is 1. The van der Waals surface area contributed by atoms with Crippen LogP contribution in [-0.2, 0) is 22.6 Å². The van der Waals surface area contributed by atoms with Gasteiger partial charge in [-0.1, -0.05) is 77.1 Å². The Kier molecular flexibility index (Phi) is 11.3. The van der Waals surface area contributed by atoms with E-state index in [0.717, 1.165) is 41.1 Å². The molecule has 0 spiro atoms. The minimum absolute atomic E-state index is 0.151. The van der Waals surface area contributed by atoms with Gasteiger partial charge in [-0.05, 0) is 72.6 Å². The molecule has 0 saturated heterocycles. The molecule has 0 aliphatic rings. The van der Waals surface area contributed by atoms with E-state index in [1.165, 1.54) is 19.3 Å². The number of aryl methyl sites for hydroxylation is 1. The lowest BCUT2D eigenvalue weighted by Gasteiger charge is -2.22. The number of anilines is 1. The van der Waals surface area contributed by atoms with Crippen molar-refractivity contribution in [2.45, 2.75) is 73.3 Å². The number of nitrogens with one attached hydrogen (secondary N) is 1. The quantitative estimate of drug-likeness (QED) is 0.311. The number of ether oxygens (including phenoxy) is 1. The van der Waals surface area contributed by atoms with Gasteiger partial charge in [0, 0.05) is 18.7 Å². The smallest absolute Gasteiger partial charge is 0.306 e. The van der Waals surface area contributed by atoms with Crippen LogP contribution in [0.3, 0.4) is 0 Å². The van der Waals surface area contributed by atoms with Crippen LogP contribution in [0.25, 0.3) is 0 Å². The summed E-state index contributed by atoms with van der Waals surface area (Å²) in [5.41, 5.74) is 3.33. The van der Waals surface area contributed by atoms with Crippen LogP contribution in [0, 0.1) is 23.7 Å². The minimum atomic E-state index is -0.151. The summed E-state index contributed by atoms with van der Waals surface area (Å²) in [4.78, 5) is 12.0. The first kappa shape index (κ1) is 26.0. The standard InChI is InChI=1S/C29H43NO2/c1-22(2)17-23(3)18-24(4)19-25(5)20-30-28-14-11-26(12-15-28)13-16-29(31)32-21-27-9-7-6-8-10-27/h6-12,14-15,22-25,30H,13,16-21H2,1-5H3. The molecule has 2 rings (SSSR count). The van der Waals surface area contributed by atoms with Gasteiger partial charge in [0.1, 0.15) is 6.61 Å². The highest BCUT2D eigenvalue weighted by atomic mass is 16.5. The van der Waals surface area contributed by atoms with E-state index in [-0.39, 0.29) is 5.97 Å². The summed E-state index contributed by atoms with van der Waals surface area (Å²) < 4.78 is 5.36. The largest absolute Gasteiger partial charge is 0.461 e. The maximum absolute atomic E-state index is 12.0. The third kappa shape index (κ3) is 10.8. The third-order valence-electron chi connectivity index (χ3n) is 5.95. The molecule has 0 aromatic heterocycles. The highest BCUT2D eigenvalue weighted by Gasteiger charge is 2.13. The van der Waals surface area contributed by atoms with Gasteiger partial charge in [0.15, 0.2) is 0 Å². The molecule has 0 bridgehead atoms. The number of carbonyl (C=O) groups excluding carboxylic acids is 1. The van der Waals surface area contributed by atoms with E-state index in [1.807, 2.05) is 30.3 Å². The van der Waals surface area contributed by atoms with E-state index >= 15 is 0 Å². The molecule has 0 aliphatic heterocycles. The summed E-state index contributed by atoms with van der Waals surface area (Å²) in [5, 5.41) is 3.57. The van der Waals surface area contributed by atoms with E-state index in [2.05, 4.69) is 64.2 Å². The Morgan fingerprint density at radius 1 is 0.781 bits per heavy atom. The highest BCUT2D eigenvalue weighted by molar-refractivity contribution is 5.69. The zero-order valence-electron chi connectivity index (χ0n) is 20.8. The highest BCUT2D eigenvalue weighted by Crippen LogP contribution is 2.24. The Labute approximate surface area is 196 Å². The molecule has 0 amide bonds. The van der Waals surface area contributed by atoms with E-state index < -0.39 is 0 Å². The van der Waals surface area contributed by atoms with Crippen LogP contribution >= 0.6 is 0 Å². The molecule has 0 fully saturated rings. The molecule has 0 radical (unpaired) electrons. The van der Waals surface area contributed by atoms with Gasteiger partial charge < -0.3 is 10.1 Å². The van der Waals surface area contributed by atoms with E-state index in [0.29, 0.717) is 25.4 Å². The minimum Gasteiger partial charge on any atom is -0.461 e. The van der Waals surface area contributed by atoms with Gasteiger partial charge in [-0.2, -0.15) is 0 Å². The maximum Gasteiger partial charge on any atom is 0.306 e. The van der Waals surface area contributed by atoms with Gasteiger partial charge in [0.05, 0.1) is 0 Å². The van der Waals surface area contributed by atoms with Crippen molar-refractivity contribution >= 4 is 11.7 Å². The fraction of sp³-hybridized carbons (Fsp3) is 0.552. The second-order valence-electron chi connectivity index (χ2n) is 10.1. The fourth-order valence-corrected chi connectivity index (χ4v) is 4.59. The first-order valence-electron chi connectivity index (χ1n) is 12.3. The summed E-state index contributed by atoms with van der Waals surface area (Å²) in [6.45, 7) is 13.1. The lowest BCUT2D eigenvalue weighted by molar-refractivity contribution is -0.144. The van der Waals surface area contributed by atoms with Gasteiger partial charge in [-0.15, -0.1) is 0 Å². The summed E-state index contributed by atoms with van der Waals surface area (Å²) in [6, 6.07) is 18.2. The summed E-state index contributed by atoms with van der Waals surface area (Å²) in [5.74, 6) is 2.87. The normalized spacial score (nSPS) is 14.1. The van der Waals surface area contributed by atoms with Crippen LogP contribution in [0.4, 0.5) is 5.69 Å². The molecule has 0 heterocycles. The molecule has 32 heavy (non-hydrogen) atoms.